The van der Waals surface area contributed by atoms with Crippen LogP contribution in [0.2, 0.25) is 0 Å². The Balaban J connectivity index is 0.000000461. The van der Waals surface area contributed by atoms with Crippen LogP contribution in [0.1, 0.15) is 17.3 Å². The molecule has 0 fully saturated rings. The Morgan fingerprint density at radius 2 is 1.64 bits per heavy atom. The summed E-state index contributed by atoms with van der Waals surface area (Å²) in [5, 5.41) is 0. The first kappa shape index (κ1) is 9.99. The molecule has 0 aliphatic rings. The van der Waals surface area contributed by atoms with Crippen molar-refractivity contribution in [3.05, 3.63) is 35.9 Å². The number of Topliss-reactive ketones (excluding diaryl/α,β-unsaturated/α-hetero) is 1. The second-order valence-electron chi connectivity index (χ2n) is 1.92. The number of ketones is 1. The molecule has 0 heterocycles. The summed E-state index contributed by atoms with van der Waals surface area (Å²) >= 11 is 0. The molecule has 2 nitrogen and oxygen atoms in total. The Kier molecular flexibility index (Phi) is 5.22. The molecule has 58 valence electrons. The highest BCUT2D eigenvalue weighted by Gasteiger charge is 1.92. The average molecular weight is 168 g/mol. The lowest BCUT2D eigenvalue weighted by Crippen LogP contribution is -1.88. The second-order valence-corrected chi connectivity index (χ2v) is 1.92. The molecule has 0 saturated carbocycles. The summed E-state index contributed by atoms with van der Waals surface area (Å²) < 4.78 is 8.06. The molecule has 0 saturated heterocycles. The van der Waals surface area contributed by atoms with Crippen LogP contribution < -0.4 is 0 Å². The van der Waals surface area contributed by atoms with E-state index in [4.69, 9.17) is 4.57 Å². The zero-order valence-electron chi connectivity index (χ0n) is 6.20. The van der Waals surface area contributed by atoms with Crippen molar-refractivity contribution in [2.24, 2.45) is 0 Å². The summed E-state index contributed by atoms with van der Waals surface area (Å²) in [5.74, 6) is 0.121. The van der Waals surface area contributed by atoms with Crippen LogP contribution in [0.4, 0.5) is 0 Å². The van der Waals surface area contributed by atoms with Gasteiger partial charge in [0.1, 0.15) is 9.12 Å². The van der Waals surface area contributed by atoms with Crippen molar-refractivity contribution >= 4 is 14.9 Å². The standard InChI is InChI=1S/C8H8O.HOP/c1-7(9)8-5-3-2-4-6-8;1-2/h2-6H,1H3;2H. The van der Waals surface area contributed by atoms with E-state index in [9.17, 15) is 4.79 Å². The van der Waals surface area contributed by atoms with Crippen molar-refractivity contribution in [3.63, 3.8) is 0 Å². The van der Waals surface area contributed by atoms with Gasteiger partial charge in [0.15, 0.2) is 5.78 Å². The molecular formula is C8H9O2P. The summed E-state index contributed by atoms with van der Waals surface area (Å²) in [5.41, 5.74) is 0.775. The quantitative estimate of drug-likeness (QED) is 0.476. The molecule has 0 spiro atoms. The number of carbonyl (C=O) groups excluding carboxylic acids is 1. The maximum atomic E-state index is 10.6. The number of hydrogen-bond acceptors (Lipinski definition) is 2. The molecule has 11 heavy (non-hydrogen) atoms. The van der Waals surface area contributed by atoms with Crippen LogP contribution in [0.15, 0.2) is 30.3 Å². The summed E-state index contributed by atoms with van der Waals surface area (Å²) in [4.78, 5) is 10.6. The molecule has 0 aromatic heterocycles. The fourth-order valence-corrected chi connectivity index (χ4v) is 0.673. The third-order valence-electron chi connectivity index (χ3n) is 1.18. The predicted octanol–water partition coefficient (Wildman–Crippen LogP) is 2.36. The Hall–Kier alpha value is -1.01. The van der Waals surface area contributed by atoms with Gasteiger partial charge in [-0.3, -0.25) is 9.36 Å². The van der Waals surface area contributed by atoms with Crippen LogP contribution in [0.3, 0.4) is 0 Å². The van der Waals surface area contributed by atoms with Gasteiger partial charge >= 0.3 is 0 Å². The third-order valence-corrected chi connectivity index (χ3v) is 1.18. The summed E-state index contributed by atoms with van der Waals surface area (Å²) in [7, 11) is 1.72. The highest BCUT2D eigenvalue weighted by Crippen LogP contribution is 1.97. The maximum absolute atomic E-state index is 10.6. The minimum atomic E-state index is 0.121. The first-order valence-corrected chi connectivity index (χ1v) is 3.48. The molecule has 0 unspecified atom stereocenters. The molecule has 0 bridgehead atoms. The first-order valence-electron chi connectivity index (χ1n) is 3.07. The topological polar surface area (TPSA) is 34.1 Å². The van der Waals surface area contributed by atoms with E-state index in [-0.39, 0.29) is 5.78 Å². The zero-order valence-corrected chi connectivity index (χ0v) is 7.20. The van der Waals surface area contributed by atoms with Crippen LogP contribution in [0.5, 0.6) is 0 Å². The van der Waals surface area contributed by atoms with E-state index in [1.165, 1.54) is 0 Å². The van der Waals surface area contributed by atoms with Gasteiger partial charge in [0.2, 0.25) is 0 Å². The van der Waals surface area contributed by atoms with Crippen molar-refractivity contribution < 1.29 is 9.36 Å². The molecule has 0 atom stereocenters. The lowest BCUT2D eigenvalue weighted by Gasteiger charge is -1.89. The van der Waals surface area contributed by atoms with E-state index in [0.29, 0.717) is 0 Å². The lowest BCUT2D eigenvalue weighted by molar-refractivity contribution is 0.101. The molecule has 0 radical (unpaired) electrons. The molecule has 3 heteroatoms. The van der Waals surface area contributed by atoms with E-state index in [1.54, 1.807) is 16.0 Å². The van der Waals surface area contributed by atoms with Gasteiger partial charge in [-0.15, -0.1) is 0 Å². The smallest absolute Gasteiger partial charge is 0.159 e. The van der Waals surface area contributed by atoms with Crippen LogP contribution in [-0.2, 0) is 4.57 Å². The Labute approximate surface area is 67.9 Å². The van der Waals surface area contributed by atoms with Crippen molar-refractivity contribution in [2.45, 2.75) is 6.92 Å². The number of carbonyl (C=O) groups is 1. The van der Waals surface area contributed by atoms with Gasteiger partial charge in [-0.25, -0.2) is 0 Å². The van der Waals surface area contributed by atoms with Gasteiger partial charge in [0, 0.05) is 5.56 Å². The molecule has 1 aromatic rings. The summed E-state index contributed by atoms with van der Waals surface area (Å²) in [6, 6.07) is 9.23. The maximum Gasteiger partial charge on any atom is 0.159 e. The van der Waals surface area contributed by atoms with E-state index in [1.807, 2.05) is 30.3 Å². The van der Waals surface area contributed by atoms with E-state index in [0.717, 1.165) is 5.56 Å². The lowest BCUT2D eigenvalue weighted by atomic mass is 10.2. The van der Waals surface area contributed by atoms with E-state index in [2.05, 4.69) is 0 Å². The fraction of sp³-hybridized carbons (Fsp3) is 0.125. The Morgan fingerprint density at radius 1 is 1.18 bits per heavy atom. The predicted molar refractivity (Wildman–Crippen MR) is 45.4 cm³/mol. The molecule has 0 aliphatic carbocycles. The van der Waals surface area contributed by atoms with Gasteiger partial charge in [0.25, 0.3) is 0 Å². The van der Waals surface area contributed by atoms with Gasteiger partial charge < -0.3 is 0 Å². The SMILES string of the molecule is CC(=O)c1ccccc1.O=P. The number of rotatable bonds is 1. The van der Waals surface area contributed by atoms with Crippen LogP contribution in [-0.4, -0.2) is 5.78 Å². The van der Waals surface area contributed by atoms with Crippen LogP contribution in [0, 0.1) is 0 Å². The minimum absolute atomic E-state index is 0.121. The van der Waals surface area contributed by atoms with Crippen LogP contribution >= 0.6 is 9.12 Å². The van der Waals surface area contributed by atoms with Gasteiger partial charge in [-0.2, -0.15) is 0 Å². The van der Waals surface area contributed by atoms with Crippen LogP contribution in [0.25, 0.3) is 0 Å². The van der Waals surface area contributed by atoms with Crippen molar-refractivity contribution in [1.29, 1.82) is 0 Å². The summed E-state index contributed by atoms with van der Waals surface area (Å²) in [6.07, 6.45) is 0. The molecule has 0 amide bonds. The Bertz CT molecular complexity index is 221. The first-order chi connectivity index (χ1) is 5.30. The van der Waals surface area contributed by atoms with Crippen molar-refractivity contribution in [3.8, 4) is 0 Å². The molecule has 0 N–H and O–H groups in total. The van der Waals surface area contributed by atoms with Gasteiger partial charge in [-0.05, 0) is 6.92 Å². The number of benzene rings is 1. The fourth-order valence-electron chi connectivity index (χ4n) is 0.673. The Morgan fingerprint density at radius 3 is 1.91 bits per heavy atom. The van der Waals surface area contributed by atoms with E-state index < -0.39 is 0 Å². The van der Waals surface area contributed by atoms with Gasteiger partial charge in [0.05, 0.1) is 0 Å². The van der Waals surface area contributed by atoms with E-state index >= 15 is 0 Å². The molecule has 1 aromatic carbocycles. The second kappa shape index (κ2) is 5.75. The largest absolute Gasteiger partial charge is 0.295 e. The summed E-state index contributed by atoms with van der Waals surface area (Å²) in [6.45, 7) is 1.56. The highest BCUT2D eigenvalue weighted by molar-refractivity contribution is 7.00. The average Bonchev–Trinajstić information content (AvgIpc) is 2.10. The normalized spacial score (nSPS) is 7.73. The minimum Gasteiger partial charge on any atom is -0.295 e. The zero-order chi connectivity index (χ0) is 8.69. The highest BCUT2D eigenvalue weighted by atomic mass is 31.0. The third kappa shape index (κ3) is 3.64. The van der Waals surface area contributed by atoms with Crippen molar-refractivity contribution in [2.75, 3.05) is 0 Å². The molecular weight excluding hydrogens is 159 g/mol. The van der Waals surface area contributed by atoms with Gasteiger partial charge in [-0.1, -0.05) is 30.3 Å². The monoisotopic (exact) mass is 168 g/mol. The molecule has 0 aliphatic heterocycles. The van der Waals surface area contributed by atoms with Crippen molar-refractivity contribution in [1.82, 2.24) is 0 Å². The molecule has 1 rings (SSSR count). The number of hydrogen-bond donors (Lipinski definition) is 0.